The smallest absolute Gasteiger partial charge is 0.257 e. The van der Waals surface area contributed by atoms with Crippen molar-refractivity contribution in [1.29, 1.82) is 0 Å². The summed E-state index contributed by atoms with van der Waals surface area (Å²) in [6.45, 7) is 4.45. The number of thiophene rings is 2. The maximum absolute atomic E-state index is 12.3. The Morgan fingerprint density at radius 1 is 1.30 bits per heavy atom. The normalized spacial score (nSPS) is 14.0. The van der Waals surface area contributed by atoms with Crippen LogP contribution in [0.15, 0.2) is 22.9 Å². The number of carbonyl (C=O) groups excluding carboxylic acids is 1. The SMILES string of the molecule is CC(I)CC(C)c1sccc1NC(=O)c1ccsc1I. The average Bonchev–Trinajstić information content (AvgIpc) is 2.96. The molecule has 108 valence electrons. The fourth-order valence-corrected chi connectivity index (χ4v) is 5.21. The molecule has 0 bridgehead atoms. The molecule has 2 heterocycles. The fourth-order valence-electron chi connectivity index (χ4n) is 2.05. The second-order valence-electron chi connectivity index (χ2n) is 4.68. The molecule has 0 aliphatic carbocycles. The van der Waals surface area contributed by atoms with Crippen LogP contribution in [0.25, 0.3) is 0 Å². The van der Waals surface area contributed by atoms with Crippen LogP contribution in [-0.4, -0.2) is 9.83 Å². The van der Waals surface area contributed by atoms with Crippen LogP contribution >= 0.6 is 67.9 Å². The van der Waals surface area contributed by atoms with Gasteiger partial charge in [0.15, 0.2) is 0 Å². The molecule has 0 aliphatic rings. The minimum Gasteiger partial charge on any atom is -0.321 e. The number of carbonyl (C=O) groups is 1. The number of hydrogen-bond donors (Lipinski definition) is 1. The third-order valence-electron chi connectivity index (χ3n) is 2.93. The van der Waals surface area contributed by atoms with Gasteiger partial charge in [-0.25, -0.2) is 0 Å². The number of anilines is 1. The molecular weight excluding hydrogens is 516 g/mol. The summed E-state index contributed by atoms with van der Waals surface area (Å²) in [5, 5.41) is 7.06. The number of hydrogen-bond acceptors (Lipinski definition) is 3. The highest BCUT2D eigenvalue weighted by Crippen LogP contribution is 2.34. The number of alkyl halides is 1. The van der Waals surface area contributed by atoms with Gasteiger partial charge in [0.1, 0.15) is 0 Å². The van der Waals surface area contributed by atoms with E-state index in [4.69, 9.17) is 0 Å². The van der Waals surface area contributed by atoms with Crippen molar-refractivity contribution in [3.05, 3.63) is 36.2 Å². The molecule has 2 aromatic rings. The molecule has 0 spiro atoms. The molecule has 6 heteroatoms. The molecular formula is C14H15I2NOS2. The van der Waals surface area contributed by atoms with Crippen molar-refractivity contribution < 1.29 is 4.79 Å². The van der Waals surface area contributed by atoms with E-state index >= 15 is 0 Å². The molecule has 2 atom stereocenters. The third kappa shape index (κ3) is 4.17. The predicted molar refractivity (Wildman–Crippen MR) is 106 cm³/mol. The van der Waals surface area contributed by atoms with Crippen molar-refractivity contribution in [2.75, 3.05) is 5.32 Å². The van der Waals surface area contributed by atoms with Crippen LogP contribution in [-0.2, 0) is 0 Å². The molecule has 2 rings (SSSR count). The average molecular weight is 531 g/mol. The van der Waals surface area contributed by atoms with Crippen LogP contribution in [0.1, 0.15) is 41.4 Å². The van der Waals surface area contributed by atoms with E-state index in [0.717, 1.165) is 20.6 Å². The zero-order chi connectivity index (χ0) is 14.7. The maximum atomic E-state index is 12.3. The summed E-state index contributed by atoms with van der Waals surface area (Å²) in [6, 6.07) is 3.88. The molecule has 0 aromatic carbocycles. The van der Waals surface area contributed by atoms with Crippen LogP contribution < -0.4 is 5.32 Å². The van der Waals surface area contributed by atoms with Crippen molar-refractivity contribution in [2.45, 2.75) is 30.1 Å². The van der Waals surface area contributed by atoms with Gasteiger partial charge in [-0.15, -0.1) is 22.7 Å². The first-order valence-corrected chi connectivity index (χ1v) is 10.3. The minimum atomic E-state index is -0.00924. The highest BCUT2D eigenvalue weighted by atomic mass is 127. The molecule has 0 saturated heterocycles. The van der Waals surface area contributed by atoms with E-state index in [1.54, 1.807) is 22.7 Å². The molecule has 2 aromatic heterocycles. The topological polar surface area (TPSA) is 29.1 Å². The summed E-state index contributed by atoms with van der Waals surface area (Å²) in [5.74, 6) is 0.462. The van der Waals surface area contributed by atoms with Crippen LogP contribution in [0.4, 0.5) is 5.69 Å². The monoisotopic (exact) mass is 531 g/mol. The number of halogens is 2. The summed E-state index contributed by atoms with van der Waals surface area (Å²) >= 11 is 7.98. The van der Waals surface area contributed by atoms with Gasteiger partial charge in [-0.05, 0) is 57.8 Å². The lowest BCUT2D eigenvalue weighted by molar-refractivity contribution is 0.102. The Bertz CT molecular complexity index is 592. The van der Waals surface area contributed by atoms with Gasteiger partial charge in [0.2, 0.25) is 0 Å². The third-order valence-corrected chi connectivity index (χ3v) is 6.63. The predicted octanol–water partition coefficient (Wildman–Crippen LogP) is 5.98. The van der Waals surface area contributed by atoms with Gasteiger partial charge in [-0.2, -0.15) is 0 Å². The van der Waals surface area contributed by atoms with Crippen LogP contribution in [0.3, 0.4) is 0 Å². The van der Waals surface area contributed by atoms with Crippen LogP contribution in [0.2, 0.25) is 0 Å². The minimum absolute atomic E-state index is 0.00924. The van der Waals surface area contributed by atoms with E-state index in [1.807, 2.05) is 17.5 Å². The van der Waals surface area contributed by atoms with Crippen molar-refractivity contribution in [2.24, 2.45) is 0 Å². The summed E-state index contributed by atoms with van der Waals surface area (Å²) < 4.78 is 1.66. The first kappa shape index (κ1) is 16.7. The van der Waals surface area contributed by atoms with Gasteiger partial charge in [0.25, 0.3) is 5.91 Å². The van der Waals surface area contributed by atoms with Gasteiger partial charge >= 0.3 is 0 Å². The van der Waals surface area contributed by atoms with Crippen molar-refractivity contribution >= 4 is 79.4 Å². The Balaban J connectivity index is 2.13. The Labute approximate surface area is 154 Å². The molecule has 0 fully saturated rings. The largest absolute Gasteiger partial charge is 0.321 e. The highest BCUT2D eigenvalue weighted by Gasteiger charge is 2.18. The van der Waals surface area contributed by atoms with Crippen molar-refractivity contribution in [3.8, 4) is 0 Å². The lowest BCUT2D eigenvalue weighted by Crippen LogP contribution is -2.13. The summed E-state index contributed by atoms with van der Waals surface area (Å²) in [5.41, 5.74) is 1.73. The standard InChI is InChI=1S/C14H15I2NOS2/c1-8(7-9(2)15)12-11(4-6-19-12)17-14(18)10-3-5-20-13(10)16/h3-6,8-9H,7H2,1-2H3,(H,17,18). The number of nitrogens with one attached hydrogen (secondary N) is 1. The van der Waals surface area contributed by atoms with E-state index in [9.17, 15) is 4.79 Å². The van der Waals surface area contributed by atoms with Gasteiger partial charge < -0.3 is 5.32 Å². The molecule has 2 nitrogen and oxygen atoms in total. The van der Waals surface area contributed by atoms with Crippen molar-refractivity contribution in [1.82, 2.24) is 0 Å². The zero-order valence-corrected chi connectivity index (χ0v) is 17.1. The molecule has 0 aliphatic heterocycles. The number of rotatable bonds is 5. The van der Waals surface area contributed by atoms with Gasteiger partial charge in [-0.1, -0.05) is 36.4 Å². The second-order valence-corrected chi connectivity index (χ2v) is 10.5. The summed E-state index contributed by atoms with van der Waals surface area (Å²) in [7, 11) is 0. The Morgan fingerprint density at radius 2 is 2.00 bits per heavy atom. The van der Waals surface area contributed by atoms with Crippen LogP contribution in [0, 0.1) is 2.88 Å². The zero-order valence-electron chi connectivity index (χ0n) is 11.2. The van der Waals surface area contributed by atoms with Crippen molar-refractivity contribution in [3.63, 3.8) is 0 Å². The first-order valence-electron chi connectivity index (χ1n) is 6.24. The van der Waals surface area contributed by atoms with Gasteiger partial charge in [0.05, 0.1) is 14.1 Å². The maximum Gasteiger partial charge on any atom is 0.257 e. The van der Waals surface area contributed by atoms with E-state index < -0.39 is 0 Å². The van der Waals surface area contributed by atoms with Gasteiger partial charge in [0, 0.05) is 8.80 Å². The second kappa shape index (κ2) is 7.55. The summed E-state index contributed by atoms with van der Waals surface area (Å²) in [6.07, 6.45) is 1.12. The molecule has 1 amide bonds. The summed E-state index contributed by atoms with van der Waals surface area (Å²) in [4.78, 5) is 13.6. The van der Waals surface area contributed by atoms with E-state index in [-0.39, 0.29) is 5.91 Å². The fraction of sp³-hybridized carbons (Fsp3) is 0.357. The van der Waals surface area contributed by atoms with Gasteiger partial charge in [-0.3, -0.25) is 4.79 Å². The number of amides is 1. The lowest BCUT2D eigenvalue weighted by Gasteiger charge is -2.14. The molecule has 0 saturated carbocycles. The quantitative estimate of drug-likeness (QED) is 0.373. The lowest BCUT2D eigenvalue weighted by atomic mass is 10.0. The van der Waals surface area contributed by atoms with E-state index in [2.05, 4.69) is 69.7 Å². The Kier molecular flexibility index (Phi) is 6.30. The van der Waals surface area contributed by atoms with E-state index in [0.29, 0.717) is 9.84 Å². The molecule has 2 unspecified atom stereocenters. The van der Waals surface area contributed by atoms with Crippen LogP contribution in [0.5, 0.6) is 0 Å². The Hall–Kier alpha value is 0.330. The van der Waals surface area contributed by atoms with E-state index in [1.165, 1.54) is 4.88 Å². The molecule has 20 heavy (non-hydrogen) atoms. The first-order chi connectivity index (χ1) is 9.49. The Morgan fingerprint density at radius 3 is 2.60 bits per heavy atom. The molecule has 1 N–H and O–H groups in total. The molecule has 0 radical (unpaired) electrons. The highest BCUT2D eigenvalue weighted by molar-refractivity contribution is 14.1.